The van der Waals surface area contributed by atoms with E-state index >= 15 is 0 Å². The fourth-order valence-electron chi connectivity index (χ4n) is 3.25. The van der Waals surface area contributed by atoms with Gasteiger partial charge in [-0.15, -0.1) is 10.2 Å². The van der Waals surface area contributed by atoms with Gasteiger partial charge >= 0.3 is 5.69 Å². The molecule has 1 heterocycles. The SMILES string of the molecule is COc1ccc(-c2nnc(Nc3cccc(C)c3)c3ccccc23)cc1[N+](=O)[O-]. The molecule has 0 fully saturated rings. The Kier molecular flexibility index (Phi) is 4.78. The Labute approximate surface area is 167 Å². The first-order valence-electron chi connectivity index (χ1n) is 8.99. The van der Waals surface area contributed by atoms with E-state index in [0.29, 0.717) is 17.1 Å². The molecule has 0 unspecified atom stereocenters. The zero-order valence-electron chi connectivity index (χ0n) is 15.9. The monoisotopic (exact) mass is 386 g/mol. The lowest BCUT2D eigenvalue weighted by Gasteiger charge is -2.12. The van der Waals surface area contributed by atoms with Gasteiger partial charge in [-0.05, 0) is 36.8 Å². The quantitative estimate of drug-likeness (QED) is 0.371. The molecule has 7 nitrogen and oxygen atoms in total. The lowest BCUT2D eigenvalue weighted by Crippen LogP contribution is -2.00. The van der Waals surface area contributed by atoms with Crippen LogP contribution < -0.4 is 10.1 Å². The van der Waals surface area contributed by atoms with Crippen molar-refractivity contribution in [1.29, 1.82) is 0 Å². The van der Waals surface area contributed by atoms with Crippen LogP contribution in [0, 0.1) is 17.0 Å². The van der Waals surface area contributed by atoms with Gasteiger partial charge in [0.2, 0.25) is 0 Å². The minimum absolute atomic E-state index is 0.113. The molecular formula is C22H18N4O3. The molecule has 3 aromatic carbocycles. The number of methoxy groups -OCH3 is 1. The number of nitrogens with zero attached hydrogens (tertiary/aromatic N) is 3. The summed E-state index contributed by atoms with van der Waals surface area (Å²) in [6.07, 6.45) is 0. The van der Waals surface area contributed by atoms with E-state index < -0.39 is 4.92 Å². The molecule has 4 aromatic rings. The number of nitro benzene ring substituents is 1. The third-order valence-electron chi connectivity index (χ3n) is 4.62. The summed E-state index contributed by atoms with van der Waals surface area (Å²) in [5, 5.41) is 25.2. The average Bonchev–Trinajstić information content (AvgIpc) is 2.73. The molecule has 29 heavy (non-hydrogen) atoms. The highest BCUT2D eigenvalue weighted by Crippen LogP contribution is 2.35. The van der Waals surface area contributed by atoms with Crippen molar-refractivity contribution in [3.8, 4) is 17.0 Å². The Balaban J connectivity index is 1.84. The number of nitro groups is 1. The van der Waals surface area contributed by atoms with Crippen molar-refractivity contribution in [2.75, 3.05) is 12.4 Å². The highest BCUT2D eigenvalue weighted by Gasteiger charge is 2.18. The minimum Gasteiger partial charge on any atom is -0.490 e. The van der Waals surface area contributed by atoms with Crippen molar-refractivity contribution in [2.45, 2.75) is 6.92 Å². The maximum Gasteiger partial charge on any atom is 0.311 e. The van der Waals surface area contributed by atoms with Crippen LogP contribution in [0.4, 0.5) is 17.2 Å². The minimum atomic E-state index is -0.467. The van der Waals surface area contributed by atoms with Gasteiger partial charge in [-0.25, -0.2) is 0 Å². The Morgan fingerprint density at radius 3 is 2.48 bits per heavy atom. The standard InChI is InChI=1S/C22H18N4O3/c1-14-6-5-7-16(12-14)23-22-18-9-4-3-8-17(18)21(24-25-22)15-10-11-20(29-2)19(13-15)26(27)28/h3-13H,1-2H3,(H,23,25). The van der Waals surface area contributed by atoms with Gasteiger partial charge in [0.15, 0.2) is 11.6 Å². The topological polar surface area (TPSA) is 90.2 Å². The summed E-state index contributed by atoms with van der Waals surface area (Å²) in [4.78, 5) is 10.9. The van der Waals surface area contributed by atoms with Crippen LogP contribution in [0.1, 0.15) is 5.56 Å². The first kappa shape index (κ1) is 18.4. The summed E-state index contributed by atoms with van der Waals surface area (Å²) in [5.41, 5.74) is 3.11. The fraction of sp³-hybridized carbons (Fsp3) is 0.0909. The number of rotatable bonds is 5. The van der Waals surface area contributed by atoms with Crippen LogP contribution in [0.25, 0.3) is 22.0 Å². The summed E-state index contributed by atoms with van der Waals surface area (Å²) in [6.45, 7) is 2.02. The number of benzene rings is 3. The molecular weight excluding hydrogens is 368 g/mol. The highest BCUT2D eigenvalue weighted by atomic mass is 16.6. The van der Waals surface area contributed by atoms with Gasteiger partial charge in [-0.1, -0.05) is 36.4 Å². The molecule has 0 saturated carbocycles. The van der Waals surface area contributed by atoms with Crippen molar-refractivity contribution in [3.63, 3.8) is 0 Å². The van der Waals surface area contributed by atoms with Crippen LogP contribution in [-0.4, -0.2) is 22.2 Å². The van der Waals surface area contributed by atoms with Crippen LogP contribution in [0.2, 0.25) is 0 Å². The summed E-state index contributed by atoms with van der Waals surface area (Å²) in [7, 11) is 1.41. The number of hydrogen-bond donors (Lipinski definition) is 1. The Morgan fingerprint density at radius 1 is 0.966 bits per heavy atom. The first-order valence-corrected chi connectivity index (χ1v) is 8.99. The van der Waals surface area contributed by atoms with Gasteiger partial charge in [0.05, 0.1) is 12.0 Å². The van der Waals surface area contributed by atoms with E-state index in [1.165, 1.54) is 13.2 Å². The lowest BCUT2D eigenvalue weighted by atomic mass is 10.0. The molecule has 7 heteroatoms. The average molecular weight is 386 g/mol. The maximum atomic E-state index is 11.4. The molecule has 0 aliphatic heterocycles. The normalized spacial score (nSPS) is 10.7. The van der Waals surface area contributed by atoms with E-state index in [9.17, 15) is 10.1 Å². The maximum absolute atomic E-state index is 11.4. The Bertz CT molecular complexity index is 1220. The van der Waals surface area contributed by atoms with Gasteiger partial charge < -0.3 is 10.1 Å². The zero-order valence-corrected chi connectivity index (χ0v) is 15.9. The smallest absolute Gasteiger partial charge is 0.311 e. The van der Waals surface area contributed by atoms with E-state index in [1.54, 1.807) is 12.1 Å². The van der Waals surface area contributed by atoms with Crippen molar-refractivity contribution < 1.29 is 9.66 Å². The summed E-state index contributed by atoms with van der Waals surface area (Å²) in [6, 6.07) is 20.5. The molecule has 1 N–H and O–H groups in total. The summed E-state index contributed by atoms with van der Waals surface area (Å²) < 4.78 is 5.09. The number of nitrogens with one attached hydrogen (secondary N) is 1. The summed E-state index contributed by atoms with van der Waals surface area (Å²) >= 11 is 0. The number of ether oxygens (including phenoxy) is 1. The van der Waals surface area contributed by atoms with E-state index in [0.717, 1.165) is 22.0 Å². The van der Waals surface area contributed by atoms with Crippen LogP contribution in [0.15, 0.2) is 66.7 Å². The molecule has 0 aliphatic rings. The van der Waals surface area contributed by atoms with E-state index in [1.807, 2.05) is 55.5 Å². The van der Waals surface area contributed by atoms with Crippen LogP contribution in [0.5, 0.6) is 5.75 Å². The van der Waals surface area contributed by atoms with Gasteiger partial charge in [0.1, 0.15) is 5.69 Å². The van der Waals surface area contributed by atoms with E-state index in [2.05, 4.69) is 15.5 Å². The molecule has 0 bridgehead atoms. The van der Waals surface area contributed by atoms with Crippen molar-refractivity contribution in [1.82, 2.24) is 10.2 Å². The Hall–Kier alpha value is -4.00. The zero-order chi connectivity index (χ0) is 20.4. The third-order valence-corrected chi connectivity index (χ3v) is 4.62. The molecule has 0 atom stereocenters. The number of fused-ring (bicyclic) bond motifs is 1. The van der Waals surface area contributed by atoms with Crippen molar-refractivity contribution >= 4 is 28.0 Å². The molecule has 4 rings (SSSR count). The van der Waals surface area contributed by atoms with Gasteiger partial charge in [0, 0.05) is 28.1 Å². The molecule has 0 aliphatic carbocycles. The third kappa shape index (κ3) is 3.58. The predicted molar refractivity (Wildman–Crippen MR) is 113 cm³/mol. The number of aryl methyl sites for hydroxylation is 1. The van der Waals surface area contributed by atoms with Crippen LogP contribution >= 0.6 is 0 Å². The van der Waals surface area contributed by atoms with Gasteiger partial charge in [-0.3, -0.25) is 10.1 Å². The molecule has 0 radical (unpaired) electrons. The highest BCUT2D eigenvalue weighted by molar-refractivity contribution is 6.01. The second-order valence-electron chi connectivity index (χ2n) is 6.58. The van der Waals surface area contributed by atoms with E-state index in [4.69, 9.17) is 4.74 Å². The lowest BCUT2D eigenvalue weighted by molar-refractivity contribution is -0.385. The molecule has 0 saturated heterocycles. The van der Waals surface area contributed by atoms with Crippen LogP contribution in [0.3, 0.4) is 0 Å². The predicted octanol–water partition coefficient (Wildman–Crippen LogP) is 5.27. The largest absolute Gasteiger partial charge is 0.490 e. The first-order chi connectivity index (χ1) is 14.1. The number of anilines is 2. The number of hydrogen-bond acceptors (Lipinski definition) is 6. The summed E-state index contributed by atoms with van der Waals surface area (Å²) in [5.74, 6) is 0.826. The fourth-order valence-corrected chi connectivity index (χ4v) is 3.25. The second-order valence-corrected chi connectivity index (χ2v) is 6.58. The molecule has 1 aromatic heterocycles. The molecule has 144 valence electrons. The number of aromatic nitrogens is 2. The Morgan fingerprint density at radius 2 is 1.76 bits per heavy atom. The molecule has 0 spiro atoms. The van der Waals surface area contributed by atoms with Crippen LogP contribution in [-0.2, 0) is 0 Å². The van der Waals surface area contributed by atoms with Crippen molar-refractivity contribution in [3.05, 3.63) is 82.4 Å². The molecule has 0 amide bonds. The van der Waals surface area contributed by atoms with Gasteiger partial charge in [0.25, 0.3) is 0 Å². The van der Waals surface area contributed by atoms with E-state index in [-0.39, 0.29) is 11.4 Å². The van der Waals surface area contributed by atoms with Gasteiger partial charge in [-0.2, -0.15) is 0 Å². The van der Waals surface area contributed by atoms with Crippen molar-refractivity contribution in [2.24, 2.45) is 0 Å². The second kappa shape index (κ2) is 7.55.